The van der Waals surface area contributed by atoms with Crippen molar-refractivity contribution in [2.45, 2.75) is 45.4 Å². The maximum atomic E-state index is 11.9. The van der Waals surface area contributed by atoms with Crippen LogP contribution in [-0.4, -0.2) is 58.3 Å². The Kier molecular flexibility index (Phi) is 10.9. The van der Waals surface area contributed by atoms with Gasteiger partial charge in [-0.3, -0.25) is 0 Å². The number of sulfone groups is 1. The second-order valence-electron chi connectivity index (χ2n) is 8.23. The van der Waals surface area contributed by atoms with Gasteiger partial charge in [-0.25, -0.2) is 13.4 Å². The molecule has 0 bridgehead atoms. The Hall–Kier alpha value is -1.07. The van der Waals surface area contributed by atoms with E-state index in [2.05, 4.69) is 15.6 Å². The molecule has 172 valence electrons. The molecule has 9 heteroatoms. The van der Waals surface area contributed by atoms with Crippen LogP contribution < -0.4 is 15.4 Å². The first-order valence-electron chi connectivity index (χ1n) is 10.1. The Bertz CT molecular complexity index is 806. The molecule has 0 amide bonds. The van der Waals surface area contributed by atoms with Crippen LogP contribution >= 0.6 is 24.0 Å². The van der Waals surface area contributed by atoms with Gasteiger partial charge in [0, 0.05) is 37.4 Å². The highest BCUT2D eigenvalue weighted by molar-refractivity contribution is 14.0. The van der Waals surface area contributed by atoms with Gasteiger partial charge >= 0.3 is 0 Å². The highest BCUT2D eigenvalue weighted by Gasteiger charge is 2.30. The van der Waals surface area contributed by atoms with Crippen LogP contribution in [0.15, 0.2) is 23.2 Å². The molecule has 0 radical (unpaired) electrons. The first-order chi connectivity index (χ1) is 13.6. The van der Waals surface area contributed by atoms with E-state index < -0.39 is 14.6 Å². The minimum atomic E-state index is -3.18. The number of nitrogens with zero attached hydrogens (tertiary/aromatic N) is 1. The van der Waals surface area contributed by atoms with E-state index in [9.17, 15) is 8.42 Å². The second-order valence-corrected chi connectivity index (χ2v) is 10.9. The summed E-state index contributed by atoms with van der Waals surface area (Å²) in [7, 11) is -3.18. The number of nitrogens with one attached hydrogen (secondary N) is 2. The normalized spacial score (nSPS) is 17.4. The molecule has 1 unspecified atom stereocenters. The molecule has 1 aromatic rings. The largest absolute Gasteiger partial charge is 0.493 e. The Balaban J connectivity index is 0.00000450. The molecule has 0 aliphatic carbocycles. The van der Waals surface area contributed by atoms with Crippen molar-refractivity contribution in [2.75, 3.05) is 39.2 Å². The zero-order chi connectivity index (χ0) is 21.5. The molecule has 1 aliphatic heterocycles. The highest BCUT2D eigenvalue weighted by Crippen LogP contribution is 2.23. The number of guanidine groups is 1. The lowest BCUT2D eigenvalue weighted by Crippen LogP contribution is -2.47. The van der Waals surface area contributed by atoms with E-state index in [1.54, 1.807) is 13.8 Å². The van der Waals surface area contributed by atoms with Crippen LogP contribution in [0, 0.1) is 12.8 Å². The monoisotopic (exact) mass is 553 g/mol. The number of halogens is 1. The second kappa shape index (κ2) is 12.1. The number of hydrogen-bond donors (Lipinski definition) is 2. The van der Waals surface area contributed by atoms with Crippen LogP contribution in [0.4, 0.5) is 0 Å². The summed E-state index contributed by atoms with van der Waals surface area (Å²) in [6, 6.07) is 6.11. The number of hydrogen-bond acceptors (Lipinski definition) is 5. The molecule has 1 aromatic carbocycles. The molecular weight excluding hydrogens is 517 g/mol. The zero-order valence-electron chi connectivity index (χ0n) is 18.7. The van der Waals surface area contributed by atoms with Gasteiger partial charge in [-0.1, -0.05) is 12.1 Å². The van der Waals surface area contributed by atoms with Crippen molar-refractivity contribution in [1.82, 2.24) is 10.6 Å². The van der Waals surface area contributed by atoms with Crippen LogP contribution in [0.5, 0.6) is 5.75 Å². The number of benzene rings is 1. The average Bonchev–Trinajstić information content (AvgIpc) is 3.16. The fourth-order valence-electron chi connectivity index (χ4n) is 2.78. The molecule has 1 aliphatic rings. The molecule has 1 heterocycles. The van der Waals surface area contributed by atoms with Crippen molar-refractivity contribution >= 4 is 39.8 Å². The van der Waals surface area contributed by atoms with Gasteiger partial charge in [0.25, 0.3) is 0 Å². The zero-order valence-corrected chi connectivity index (χ0v) is 21.8. The standard InChI is InChI=1S/C21H35N3O4S.HI/c1-6-22-20(24-15-21(3,4)29(5,25)26)23-12-18-8-7-16(2)11-19(18)28-14-17-9-10-27-13-17;/h7-8,11,17H,6,9-10,12-15H2,1-5H3,(H2,22,23,24);1H. The number of rotatable bonds is 9. The number of aryl methyl sites for hydroxylation is 1. The van der Waals surface area contributed by atoms with Gasteiger partial charge in [-0.15, -0.1) is 24.0 Å². The van der Waals surface area contributed by atoms with E-state index in [0.717, 1.165) is 36.5 Å². The smallest absolute Gasteiger partial charge is 0.191 e. The van der Waals surface area contributed by atoms with Gasteiger partial charge in [0.05, 0.1) is 24.5 Å². The summed E-state index contributed by atoms with van der Waals surface area (Å²) in [5, 5.41) is 6.32. The van der Waals surface area contributed by atoms with Gasteiger partial charge in [-0.05, 0) is 45.7 Å². The van der Waals surface area contributed by atoms with Crippen molar-refractivity contribution in [3.8, 4) is 5.75 Å². The fourth-order valence-corrected chi connectivity index (χ4v) is 3.12. The lowest BCUT2D eigenvalue weighted by Gasteiger charge is -2.24. The molecule has 0 spiro atoms. The van der Waals surface area contributed by atoms with Crippen molar-refractivity contribution in [3.63, 3.8) is 0 Å². The van der Waals surface area contributed by atoms with Crippen molar-refractivity contribution in [3.05, 3.63) is 29.3 Å². The number of aliphatic imine (C=N–C) groups is 1. The SMILES string of the molecule is CCNC(=NCc1ccc(C)cc1OCC1CCOC1)NCC(C)(C)S(C)(=O)=O.I. The van der Waals surface area contributed by atoms with Gasteiger partial charge in [0.2, 0.25) is 0 Å². The fraction of sp³-hybridized carbons (Fsp3) is 0.667. The van der Waals surface area contributed by atoms with Gasteiger partial charge in [0.15, 0.2) is 15.8 Å². The Morgan fingerprint density at radius 3 is 2.67 bits per heavy atom. The van der Waals surface area contributed by atoms with E-state index >= 15 is 0 Å². The van der Waals surface area contributed by atoms with Crippen LogP contribution in [0.3, 0.4) is 0 Å². The molecule has 2 N–H and O–H groups in total. The number of ether oxygens (including phenoxy) is 2. The maximum Gasteiger partial charge on any atom is 0.191 e. The predicted molar refractivity (Wildman–Crippen MR) is 133 cm³/mol. The predicted octanol–water partition coefficient (Wildman–Crippen LogP) is 2.91. The van der Waals surface area contributed by atoms with E-state index in [1.165, 1.54) is 6.26 Å². The molecule has 30 heavy (non-hydrogen) atoms. The summed E-state index contributed by atoms with van der Waals surface area (Å²) in [4.78, 5) is 4.63. The first-order valence-corrected chi connectivity index (χ1v) is 12.0. The van der Waals surface area contributed by atoms with Gasteiger partial charge in [0.1, 0.15) is 5.75 Å². The summed E-state index contributed by atoms with van der Waals surface area (Å²) in [6.45, 7) is 11.0. The van der Waals surface area contributed by atoms with Crippen LogP contribution in [0.1, 0.15) is 38.3 Å². The minimum absolute atomic E-state index is 0. The Morgan fingerprint density at radius 1 is 1.33 bits per heavy atom. The summed E-state index contributed by atoms with van der Waals surface area (Å²) in [6.07, 6.45) is 2.29. The molecule has 1 atom stereocenters. The molecule has 0 saturated carbocycles. The van der Waals surface area contributed by atoms with Crippen molar-refractivity contribution < 1.29 is 17.9 Å². The maximum absolute atomic E-state index is 11.9. The highest BCUT2D eigenvalue weighted by atomic mass is 127. The summed E-state index contributed by atoms with van der Waals surface area (Å²) >= 11 is 0. The van der Waals surface area contributed by atoms with Crippen molar-refractivity contribution in [2.24, 2.45) is 10.9 Å². The van der Waals surface area contributed by atoms with E-state index in [-0.39, 0.29) is 30.5 Å². The first kappa shape index (κ1) is 27.0. The van der Waals surface area contributed by atoms with Crippen molar-refractivity contribution in [1.29, 1.82) is 0 Å². The topological polar surface area (TPSA) is 89.0 Å². The molecular formula is C21H36IN3O4S. The summed E-state index contributed by atoms with van der Waals surface area (Å²) < 4.78 is 34.5. The third kappa shape index (κ3) is 8.22. The Morgan fingerprint density at radius 2 is 2.07 bits per heavy atom. The van der Waals surface area contributed by atoms with E-state index in [0.29, 0.717) is 31.6 Å². The molecule has 7 nitrogen and oxygen atoms in total. The minimum Gasteiger partial charge on any atom is -0.493 e. The third-order valence-electron chi connectivity index (χ3n) is 5.16. The summed E-state index contributed by atoms with van der Waals surface area (Å²) in [5.74, 6) is 1.86. The quantitative estimate of drug-likeness (QED) is 0.278. The Labute approximate surface area is 198 Å². The molecule has 2 rings (SSSR count). The van der Waals surface area contributed by atoms with Crippen LogP contribution in [0.2, 0.25) is 0 Å². The van der Waals surface area contributed by atoms with Gasteiger partial charge in [-0.2, -0.15) is 0 Å². The van der Waals surface area contributed by atoms with Gasteiger partial charge < -0.3 is 20.1 Å². The van der Waals surface area contributed by atoms with E-state index in [4.69, 9.17) is 9.47 Å². The average molecular weight is 554 g/mol. The lowest BCUT2D eigenvalue weighted by molar-refractivity contribution is 0.166. The van der Waals surface area contributed by atoms with Crippen LogP contribution in [0.25, 0.3) is 0 Å². The third-order valence-corrected chi connectivity index (χ3v) is 7.31. The van der Waals surface area contributed by atoms with E-state index in [1.807, 2.05) is 32.0 Å². The molecule has 1 saturated heterocycles. The lowest BCUT2D eigenvalue weighted by atomic mass is 10.1. The summed E-state index contributed by atoms with van der Waals surface area (Å²) in [5.41, 5.74) is 2.13. The molecule has 0 aromatic heterocycles. The van der Waals surface area contributed by atoms with Crippen LogP contribution in [-0.2, 0) is 21.1 Å². The molecule has 1 fully saturated rings.